The highest BCUT2D eigenvalue weighted by atomic mass is 32.2. The van der Waals surface area contributed by atoms with Crippen molar-refractivity contribution in [2.24, 2.45) is 0 Å². The number of piperazine rings is 1. The van der Waals surface area contributed by atoms with Crippen LogP contribution in [0.15, 0.2) is 53.4 Å². The maximum absolute atomic E-state index is 12.8. The average Bonchev–Trinajstić information content (AvgIpc) is 2.75. The van der Waals surface area contributed by atoms with E-state index in [1.54, 1.807) is 11.8 Å². The highest BCUT2D eigenvalue weighted by Crippen LogP contribution is 2.16. The third-order valence-electron chi connectivity index (χ3n) is 5.53. The quantitative estimate of drug-likeness (QED) is 0.661. The van der Waals surface area contributed by atoms with E-state index in [0.29, 0.717) is 18.8 Å². The molecule has 1 saturated heterocycles. The van der Waals surface area contributed by atoms with Crippen LogP contribution < -0.4 is 10.0 Å². The number of rotatable bonds is 7. The summed E-state index contributed by atoms with van der Waals surface area (Å²) in [7, 11) is -3.87. The van der Waals surface area contributed by atoms with E-state index in [1.807, 2.05) is 12.1 Å². The van der Waals surface area contributed by atoms with E-state index < -0.39 is 16.1 Å². The summed E-state index contributed by atoms with van der Waals surface area (Å²) in [4.78, 5) is 28.0. The van der Waals surface area contributed by atoms with E-state index in [-0.39, 0.29) is 16.7 Å². The number of nitrogens with zero attached hydrogens (tertiary/aromatic N) is 2. The average molecular weight is 459 g/mol. The van der Waals surface area contributed by atoms with Gasteiger partial charge < -0.3 is 10.2 Å². The Morgan fingerprint density at radius 2 is 1.62 bits per heavy atom. The Labute approximate surface area is 189 Å². The fourth-order valence-corrected chi connectivity index (χ4v) is 4.90. The second-order valence-electron chi connectivity index (χ2n) is 8.08. The molecule has 1 unspecified atom stereocenters. The number of amides is 2. The first-order chi connectivity index (χ1) is 15.2. The van der Waals surface area contributed by atoms with Gasteiger partial charge in [0.15, 0.2) is 0 Å². The standard InChI is InChI=1S/C23H30N4O4S/c1-17-6-4-5-7-20(17)16-26-12-14-27(15-13-26)23(29)18(2)25-32(30,31)22-10-8-21(9-11-22)24-19(3)28/h4-11,18,25H,12-16H2,1-3H3,(H,24,28). The molecule has 32 heavy (non-hydrogen) atoms. The molecule has 0 aliphatic carbocycles. The van der Waals surface area contributed by atoms with Crippen molar-refractivity contribution in [1.29, 1.82) is 0 Å². The van der Waals surface area contributed by atoms with Gasteiger partial charge in [-0.25, -0.2) is 8.42 Å². The number of carbonyl (C=O) groups excluding carboxylic acids is 2. The SMILES string of the molecule is CC(=O)Nc1ccc(S(=O)(=O)NC(C)C(=O)N2CCN(Cc3ccccc3C)CC2)cc1. The molecule has 9 heteroatoms. The Morgan fingerprint density at radius 1 is 1.00 bits per heavy atom. The highest BCUT2D eigenvalue weighted by Gasteiger charge is 2.28. The Hall–Kier alpha value is -2.75. The Bertz CT molecular complexity index is 1060. The third-order valence-corrected chi connectivity index (χ3v) is 7.08. The van der Waals surface area contributed by atoms with E-state index in [4.69, 9.17) is 0 Å². The molecule has 2 aromatic carbocycles. The lowest BCUT2D eigenvalue weighted by atomic mass is 10.1. The van der Waals surface area contributed by atoms with Crippen LogP contribution in [-0.4, -0.2) is 62.3 Å². The second kappa shape index (κ2) is 10.2. The predicted molar refractivity (Wildman–Crippen MR) is 124 cm³/mol. The maximum Gasteiger partial charge on any atom is 0.241 e. The normalized spacial score (nSPS) is 15.9. The Morgan fingerprint density at radius 3 is 2.22 bits per heavy atom. The topological polar surface area (TPSA) is 98.8 Å². The number of sulfonamides is 1. The molecule has 1 aliphatic rings. The molecule has 0 bridgehead atoms. The van der Waals surface area contributed by atoms with Gasteiger partial charge in [-0.05, 0) is 49.2 Å². The zero-order valence-electron chi connectivity index (χ0n) is 18.7. The van der Waals surface area contributed by atoms with E-state index >= 15 is 0 Å². The van der Waals surface area contributed by atoms with Crippen LogP contribution in [0.3, 0.4) is 0 Å². The maximum atomic E-state index is 12.8. The monoisotopic (exact) mass is 458 g/mol. The second-order valence-corrected chi connectivity index (χ2v) is 9.79. The van der Waals surface area contributed by atoms with Crippen LogP contribution >= 0.6 is 0 Å². The van der Waals surface area contributed by atoms with Gasteiger partial charge in [0, 0.05) is 45.3 Å². The van der Waals surface area contributed by atoms with Crippen molar-refractivity contribution in [3.05, 3.63) is 59.7 Å². The highest BCUT2D eigenvalue weighted by molar-refractivity contribution is 7.89. The predicted octanol–water partition coefficient (Wildman–Crippen LogP) is 1.96. The fraction of sp³-hybridized carbons (Fsp3) is 0.391. The van der Waals surface area contributed by atoms with E-state index in [1.165, 1.54) is 42.3 Å². The number of carbonyl (C=O) groups is 2. The first kappa shape index (κ1) is 23.9. The summed E-state index contributed by atoms with van der Waals surface area (Å²) in [5.41, 5.74) is 3.03. The van der Waals surface area contributed by atoms with Crippen LogP contribution in [0.1, 0.15) is 25.0 Å². The summed E-state index contributed by atoms with van der Waals surface area (Å²) >= 11 is 0. The van der Waals surface area contributed by atoms with Gasteiger partial charge >= 0.3 is 0 Å². The molecule has 1 aliphatic heterocycles. The number of hydrogen-bond acceptors (Lipinski definition) is 5. The van der Waals surface area contributed by atoms with Gasteiger partial charge in [0.05, 0.1) is 10.9 Å². The van der Waals surface area contributed by atoms with Crippen molar-refractivity contribution >= 4 is 27.5 Å². The first-order valence-electron chi connectivity index (χ1n) is 10.6. The molecular formula is C23H30N4O4S. The molecule has 3 rings (SSSR count). The van der Waals surface area contributed by atoms with Crippen molar-refractivity contribution in [2.75, 3.05) is 31.5 Å². The number of nitrogens with one attached hydrogen (secondary N) is 2. The van der Waals surface area contributed by atoms with Gasteiger partial charge in [-0.2, -0.15) is 4.72 Å². The zero-order chi connectivity index (χ0) is 23.3. The molecule has 8 nitrogen and oxygen atoms in total. The number of hydrogen-bond donors (Lipinski definition) is 2. The number of aryl methyl sites for hydroxylation is 1. The molecule has 1 fully saturated rings. The third kappa shape index (κ3) is 6.15. The molecule has 172 valence electrons. The van der Waals surface area contributed by atoms with Crippen LogP contribution in [-0.2, 0) is 26.2 Å². The zero-order valence-corrected chi connectivity index (χ0v) is 19.5. The van der Waals surface area contributed by atoms with Gasteiger partial charge in [-0.1, -0.05) is 24.3 Å². The molecule has 2 amide bonds. The minimum Gasteiger partial charge on any atom is -0.339 e. The van der Waals surface area contributed by atoms with Gasteiger partial charge in [-0.3, -0.25) is 14.5 Å². The minimum absolute atomic E-state index is 0.0364. The molecule has 0 radical (unpaired) electrons. The van der Waals surface area contributed by atoms with Crippen molar-refractivity contribution < 1.29 is 18.0 Å². The molecule has 2 N–H and O–H groups in total. The largest absolute Gasteiger partial charge is 0.339 e. The number of benzene rings is 2. The Kier molecular flexibility index (Phi) is 7.65. The van der Waals surface area contributed by atoms with Gasteiger partial charge in [-0.15, -0.1) is 0 Å². The molecule has 0 saturated carbocycles. The molecular weight excluding hydrogens is 428 g/mol. The van der Waals surface area contributed by atoms with Crippen molar-refractivity contribution in [3.8, 4) is 0 Å². The summed E-state index contributed by atoms with van der Waals surface area (Å²) in [6, 6.07) is 13.2. The van der Waals surface area contributed by atoms with E-state index in [0.717, 1.165) is 19.6 Å². The molecule has 0 spiro atoms. The van der Waals surface area contributed by atoms with Crippen LogP contribution in [0.4, 0.5) is 5.69 Å². The van der Waals surface area contributed by atoms with Crippen LogP contribution in [0.2, 0.25) is 0 Å². The molecule has 1 heterocycles. The van der Waals surface area contributed by atoms with E-state index in [2.05, 4.69) is 34.0 Å². The van der Waals surface area contributed by atoms with Gasteiger partial charge in [0.25, 0.3) is 0 Å². The van der Waals surface area contributed by atoms with Crippen molar-refractivity contribution in [3.63, 3.8) is 0 Å². The number of anilines is 1. The van der Waals surface area contributed by atoms with Crippen molar-refractivity contribution in [2.45, 2.75) is 38.3 Å². The lowest BCUT2D eigenvalue weighted by Crippen LogP contribution is -2.53. The molecule has 2 aromatic rings. The first-order valence-corrected chi connectivity index (χ1v) is 12.1. The Balaban J connectivity index is 1.54. The van der Waals surface area contributed by atoms with Gasteiger partial charge in [0.1, 0.15) is 0 Å². The summed E-state index contributed by atoms with van der Waals surface area (Å²) < 4.78 is 27.8. The van der Waals surface area contributed by atoms with Crippen molar-refractivity contribution in [1.82, 2.24) is 14.5 Å². The van der Waals surface area contributed by atoms with Crippen LogP contribution in [0, 0.1) is 6.92 Å². The summed E-state index contributed by atoms with van der Waals surface area (Å²) in [5.74, 6) is -0.476. The van der Waals surface area contributed by atoms with Gasteiger partial charge in [0.2, 0.25) is 21.8 Å². The lowest BCUT2D eigenvalue weighted by Gasteiger charge is -2.36. The molecule has 0 aromatic heterocycles. The lowest BCUT2D eigenvalue weighted by molar-refractivity contribution is -0.134. The summed E-state index contributed by atoms with van der Waals surface area (Å²) in [6.45, 7) is 8.47. The smallest absolute Gasteiger partial charge is 0.241 e. The van der Waals surface area contributed by atoms with Crippen LogP contribution in [0.25, 0.3) is 0 Å². The summed E-state index contributed by atoms with van der Waals surface area (Å²) in [5, 5.41) is 2.59. The molecule has 1 atom stereocenters. The van der Waals surface area contributed by atoms with Crippen LogP contribution in [0.5, 0.6) is 0 Å². The fourth-order valence-electron chi connectivity index (χ4n) is 3.70. The van der Waals surface area contributed by atoms with E-state index in [9.17, 15) is 18.0 Å². The summed E-state index contributed by atoms with van der Waals surface area (Å²) in [6.07, 6.45) is 0. The minimum atomic E-state index is -3.87.